The summed E-state index contributed by atoms with van der Waals surface area (Å²) >= 11 is 1.42. The van der Waals surface area contributed by atoms with E-state index in [-0.39, 0.29) is 0 Å². The summed E-state index contributed by atoms with van der Waals surface area (Å²) in [6, 6.07) is 5.88. The highest BCUT2D eigenvalue weighted by Gasteiger charge is 2.21. The molecule has 0 bridgehead atoms. The third-order valence-electron chi connectivity index (χ3n) is 4.60. The molecule has 0 spiro atoms. The first-order valence-electron chi connectivity index (χ1n) is 9.08. The fraction of sp³-hybridized carbons (Fsp3) is 0.250. The van der Waals surface area contributed by atoms with Crippen LogP contribution >= 0.6 is 11.3 Å². The number of nitrogen functional groups attached to an aromatic ring is 1. The molecule has 0 amide bonds. The SMILES string of the molecule is CCCC[S@@](=O)c1sc2nc(-c3cccnc3)cc(-c3cncn3C)c2c1N. The summed E-state index contributed by atoms with van der Waals surface area (Å²) in [5, 5.41) is 0.848. The Hall–Kier alpha value is -2.58. The van der Waals surface area contributed by atoms with E-state index in [0.29, 0.717) is 15.6 Å². The molecule has 28 heavy (non-hydrogen) atoms. The van der Waals surface area contributed by atoms with Crippen molar-refractivity contribution in [3.63, 3.8) is 0 Å². The molecule has 0 aliphatic heterocycles. The van der Waals surface area contributed by atoms with E-state index in [2.05, 4.69) is 16.9 Å². The molecule has 6 nitrogen and oxygen atoms in total. The Kier molecular flexibility index (Phi) is 5.23. The van der Waals surface area contributed by atoms with E-state index in [4.69, 9.17) is 10.7 Å². The molecule has 4 rings (SSSR count). The lowest BCUT2D eigenvalue weighted by Gasteiger charge is -2.09. The molecule has 0 aromatic carbocycles. The number of fused-ring (bicyclic) bond motifs is 1. The van der Waals surface area contributed by atoms with E-state index in [1.807, 2.05) is 36.0 Å². The standard InChI is InChI=1S/C20H21N5OS2/c1-3-4-8-28(26)20-18(21)17-14(16-11-23-12-25(16)2)9-15(24-19(17)27-20)13-6-5-7-22-10-13/h5-7,9-12H,3-4,8,21H2,1-2H3/t28-/m1/s1. The Morgan fingerprint density at radius 2 is 2.14 bits per heavy atom. The maximum atomic E-state index is 12.8. The van der Waals surface area contributed by atoms with E-state index < -0.39 is 10.8 Å². The molecule has 8 heteroatoms. The Morgan fingerprint density at radius 1 is 1.29 bits per heavy atom. The average Bonchev–Trinajstić information content (AvgIpc) is 3.29. The summed E-state index contributed by atoms with van der Waals surface area (Å²) in [6.45, 7) is 2.09. The van der Waals surface area contributed by atoms with Gasteiger partial charge in [0.05, 0.1) is 40.4 Å². The van der Waals surface area contributed by atoms with Crippen LogP contribution in [0.4, 0.5) is 5.69 Å². The summed E-state index contributed by atoms with van der Waals surface area (Å²) in [5.41, 5.74) is 10.7. The topological polar surface area (TPSA) is 86.7 Å². The number of unbranched alkanes of at least 4 members (excludes halogenated alkanes) is 1. The first-order chi connectivity index (χ1) is 13.6. The van der Waals surface area contributed by atoms with E-state index >= 15 is 0 Å². The fourth-order valence-electron chi connectivity index (χ4n) is 3.12. The maximum Gasteiger partial charge on any atom is 0.127 e. The number of imidazole rings is 1. The van der Waals surface area contributed by atoms with Crippen molar-refractivity contribution in [1.82, 2.24) is 19.5 Å². The average molecular weight is 412 g/mol. The van der Waals surface area contributed by atoms with Crippen molar-refractivity contribution in [1.29, 1.82) is 0 Å². The number of thiophene rings is 1. The highest BCUT2D eigenvalue weighted by atomic mass is 32.2. The van der Waals surface area contributed by atoms with Crippen LogP contribution < -0.4 is 5.73 Å². The zero-order valence-electron chi connectivity index (χ0n) is 15.8. The van der Waals surface area contributed by atoms with Crippen LogP contribution in [0.25, 0.3) is 32.7 Å². The number of hydrogen-bond donors (Lipinski definition) is 1. The van der Waals surface area contributed by atoms with Gasteiger partial charge in [-0.2, -0.15) is 0 Å². The molecule has 4 aromatic rings. The van der Waals surface area contributed by atoms with Crippen LogP contribution in [0.5, 0.6) is 0 Å². The summed E-state index contributed by atoms with van der Waals surface area (Å²) in [6.07, 6.45) is 9.00. The Morgan fingerprint density at radius 3 is 2.82 bits per heavy atom. The highest BCUT2D eigenvalue weighted by Crippen LogP contribution is 2.42. The minimum Gasteiger partial charge on any atom is -0.396 e. The maximum absolute atomic E-state index is 12.8. The van der Waals surface area contributed by atoms with Crippen LogP contribution in [0.3, 0.4) is 0 Å². The second-order valence-corrected chi connectivity index (χ2v) is 9.34. The van der Waals surface area contributed by atoms with Gasteiger partial charge in [0.25, 0.3) is 0 Å². The second kappa shape index (κ2) is 7.81. The lowest BCUT2D eigenvalue weighted by Crippen LogP contribution is -1.99. The summed E-state index contributed by atoms with van der Waals surface area (Å²) < 4.78 is 15.5. The number of aromatic nitrogens is 4. The van der Waals surface area contributed by atoms with Crippen molar-refractivity contribution in [2.24, 2.45) is 7.05 Å². The van der Waals surface area contributed by atoms with Crippen molar-refractivity contribution in [2.75, 3.05) is 11.5 Å². The van der Waals surface area contributed by atoms with Gasteiger partial charge in [-0.25, -0.2) is 9.97 Å². The van der Waals surface area contributed by atoms with Gasteiger partial charge < -0.3 is 10.3 Å². The number of anilines is 1. The molecule has 0 saturated carbocycles. The molecular weight excluding hydrogens is 390 g/mol. The number of aryl methyl sites for hydroxylation is 1. The lowest BCUT2D eigenvalue weighted by atomic mass is 10.1. The molecule has 4 heterocycles. The number of rotatable bonds is 6. The molecular formula is C20H21N5OS2. The molecule has 0 unspecified atom stereocenters. The minimum atomic E-state index is -1.12. The van der Waals surface area contributed by atoms with E-state index in [9.17, 15) is 4.21 Å². The summed E-state index contributed by atoms with van der Waals surface area (Å²) in [5.74, 6) is 0.615. The summed E-state index contributed by atoms with van der Waals surface area (Å²) in [4.78, 5) is 14.1. The molecule has 0 aliphatic rings. The van der Waals surface area contributed by atoms with Gasteiger partial charge in [-0.05, 0) is 24.6 Å². The van der Waals surface area contributed by atoms with E-state index in [1.165, 1.54) is 11.3 Å². The molecule has 4 aromatic heterocycles. The van der Waals surface area contributed by atoms with Crippen molar-refractivity contribution >= 4 is 38.0 Å². The van der Waals surface area contributed by atoms with Gasteiger partial charge in [-0.3, -0.25) is 9.19 Å². The minimum absolute atomic E-state index is 0.566. The molecule has 144 valence electrons. The van der Waals surface area contributed by atoms with Crippen LogP contribution in [0, 0.1) is 0 Å². The first kappa shape index (κ1) is 18.8. The predicted molar refractivity (Wildman–Crippen MR) is 116 cm³/mol. The molecule has 0 aliphatic carbocycles. The smallest absolute Gasteiger partial charge is 0.127 e. The van der Waals surface area contributed by atoms with Gasteiger partial charge in [0.1, 0.15) is 9.04 Å². The molecule has 0 radical (unpaired) electrons. The largest absolute Gasteiger partial charge is 0.396 e. The van der Waals surface area contributed by atoms with Gasteiger partial charge in [0.15, 0.2) is 0 Å². The van der Waals surface area contributed by atoms with Crippen molar-refractivity contribution < 1.29 is 4.21 Å². The van der Waals surface area contributed by atoms with Gasteiger partial charge in [-0.1, -0.05) is 13.3 Å². The fourth-order valence-corrected chi connectivity index (χ4v) is 5.91. The van der Waals surface area contributed by atoms with Crippen LogP contribution in [0.2, 0.25) is 0 Å². The van der Waals surface area contributed by atoms with Crippen LogP contribution in [0.1, 0.15) is 19.8 Å². The number of nitrogens with two attached hydrogens (primary N) is 1. The zero-order chi connectivity index (χ0) is 19.7. The predicted octanol–water partition coefficient (Wildman–Crippen LogP) is 4.25. The monoisotopic (exact) mass is 411 g/mol. The number of nitrogens with zero attached hydrogens (tertiary/aromatic N) is 4. The molecule has 1 atom stereocenters. The van der Waals surface area contributed by atoms with Gasteiger partial charge in [-0.15, -0.1) is 11.3 Å². The number of pyridine rings is 2. The third-order valence-corrected chi connectivity index (χ3v) is 7.60. The van der Waals surface area contributed by atoms with Gasteiger partial charge in [0, 0.05) is 41.7 Å². The van der Waals surface area contributed by atoms with Crippen LogP contribution in [0.15, 0.2) is 47.3 Å². The Bertz CT molecular complexity index is 1150. The quantitative estimate of drug-likeness (QED) is 0.512. The zero-order valence-corrected chi connectivity index (χ0v) is 17.4. The Labute approximate surface area is 169 Å². The van der Waals surface area contributed by atoms with Crippen molar-refractivity contribution in [3.05, 3.63) is 43.1 Å². The summed E-state index contributed by atoms with van der Waals surface area (Å²) in [7, 11) is 0.825. The van der Waals surface area contributed by atoms with Crippen molar-refractivity contribution in [2.45, 2.75) is 24.0 Å². The lowest BCUT2D eigenvalue weighted by molar-refractivity contribution is 0.681. The normalized spacial score (nSPS) is 12.5. The van der Waals surface area contributed by atoms with Gasteiger partial charge in [0.2, 0.25) is 0 Å². The van der Waals surface area contributed by atoms with Crippen LogP contribution in [-0.4, -0.2) is 29.5 Å². The molecule has 0 fully saturated rings. The van der Waals surface area contributed by atoms with Crippen molar-refractivity contribution in [3.8, 4) is 22.5 Å². The second-order valence-electron chi connectivity index (χ2n) is 6.57. The Balaban J connectivity index is 1.96. The number of hydrogen-bond acceptors (Lipinski definition) is 6. The van der Waals surface area contributed by atoms with E-state index in [1.54, 1.807) is 18.7 Å². The first-order valence-corrected chi connectivity index (χ1v) is 11.2. The van der Waals surface area contributed by atoms with E-state index in [0.717, 1.165) is 45.6 Å². The molecule has 0 saturated heterocycles. The molecule has 2 N–H and O–H groups in total. The van der Waals surface area contributed by atoms with Crippen LogP contribution in [-0.2, 0) is 17.8 Å². The highest BCUT2D eigenvalue weighted by molar-refractivity contribution is 7.87. The third kappa shape index (κ3) is 3.33. The van der Waals surface area contributed by atoms with Gasteiger partial charge >= 0.3 is 0 Å².